The Morgan fingerprint density at radius 1 is 1.56 bits per heavy atom. The molecular weight excluding hydrogens is 252 g/mol. The number of nitrogens with zero attached hydrogens (tertiary/aromatic N) is 1. The molecule has 1 aromatic carbocycles. The Morgan fingerprint density at radius 2 is 2.17 bits per heavy atom. The average molecular weight is 261 g/mol. The summed E-state index contributed by atoms with van der Waals surface area (Å²) in [6, 6.07) is 3.38. The molecule has 0 fully saturated rings. The second kappa shape index (κ2) is 4.92. The number of hydrogen-bond donors (Lipinski definition) is 2. The molecule has 0 aliphatic heterocycles. The number of benzene rings is 1. The topological polar surface area (TPSA) is 107 Å². The van der Waals surface area contributed by atoms with Gasteiger partial charge in [-0.2, -0.15) is 8.78 Å². The van der Waals surface area contributed by atoms with Crippen LogP contribution in [0.25, 0.3) is 0 Å². The number of carbonyl (C=O) groups excluding carboxylic acids is 1. The number of nitrogens with one attached hydrogen (secondary N) is 1. The fourth-order valence-electron chi connectivity index (χ4n) is 1.12. The van der Waals surface area contributed by atoms with Gasteiger partial charge in [0.2, 0.25) is 5.75 Å². The van der Waals surface area contributed by atoms with E-state index in [2.05, 4.69) is 10.6 Å². The molecule has 0 radical (unpaired) electrons. The molecule has 0 heterocycles. The molecule has 1 aromatic rings. The number of nitro groups is 1. The Bertz CT molecular complexity index is 493. The third-order valence-electron chi connectivity index (χ3n) is 1.95. The zero-order valence-electron chi connectivity index (χ0n) is 9.15. The van der Waals surface area contributed by atoms with Crippen molar-refractivity contribution in [2.24, 2.45) is 5.84 Å². The van der Waals surface area contributed by atoms with E-state index in [0.717, 1.165) is 12.1 Å². The van der Waals surface area contributed by atoms with Crippen molar-refractivity contribution in [1.82, 2.24) is 5.43 Å². The summed E-state index contributed by atoms with van der Waals surface area (Å²) < 4.78 is 30.3. The zero-order chi connectivity index (χ0) is 13.9. The van der Waals surface area contributed by atoms with Gasteiger partial charge in [-0.3, -0.25) is 20.3 Å². The molecule has 7 nitrogen and oxygen atoms in total. The van der Waals surface area contributed by atoms with Crippen LogP contribution in [0.1, 0.15) is 5.56 Å². The van der Waals surface area contributed by atoms with Crippen LogP contribution in [0.3, 0.4) is 0 Å². The third kappa shape index (κ3) is 2.88. The number of nitro benzene ring substituents is 1. The lowest BCUT2D eigenvalue weighted by Crippen LogP contribution is -2.47. The molecule has 98 valence electrons. The Labute approximate surface area is 99.6 Å². The van der Waals surface area contributed by atoms with Crippen LogP contribution in [0.15, 0.2) is 18.2 Å². The predicted molar refractivity (Wildman–Crippen MR) is 55.7 cm³/mol. The summed E-state index contributed by atoms with van der Waals surface area (Å²) >= 11 is 0. The minimum absolute atomic E-state index is 0.458. The maximum absolute atomic E-state index is 13.1. The summed E-state index contributed by atoms with van der Waals surface area (Å²) in [6.45, 7) is 1.53. The van der Waals surface area contributed by atoms with Gasteiger partial charge < -0.3 is 4.74 Å². The normalized spacial score (nSPS) is 10.9. The van der Waals surface area contributed by atoms with Crippen LogP contribution in [0, 0.1) is 17.0 Å². The number of rotatable bonds is 4. The number of alkyl halides is 2. The van der Waals surface area contributed by atoms with Gasteiger partial charge in [-0.1, -0.05) is 6.07 Å². The lowest BCUT2D eigenvalue weighted by Gasteiger charge is -2.15. The van der Waals surface area contributed by atoms with Crippen LogP contribution in [-0.2, 0) is 4.79 Å². The summed E-state index contributed by atoms with van der Waals surface area (Å²) in [6.07, 6.45) is -4.30. The van der Waals surface area contributed by atoms with Crippen LogP contribution in [-0.4, -0.2) is 16.9 Å². The largest absolute Gasteiger partial charge is 0.483 e. The lowest BCUT2D eigenvalue weighted by atomic mass is 10.2. The van der Waals surface area contributed by atoms with Crippen LogP contribution in [0.4, 0.5) is 14.5 Å². The number of nitrogens with two attached hydrogens (primary N) is 1. The van der Waals surface area contributed by atoms with E-state index in [9.17, 15) is 23.7 Å². The maximum Gasteiger partial charge on any atom is 0.483 e. The van der Waals surface area contributed by atoms with Gasteiger partial charge >= 0.3 is 17.7 Å². The smallest absolute Gasteiger partial charge is 0.418 e. The van der Waals surface area contributed by atoms with Crippen molar-refractivity contribution in [2.75, 3.05) is 0 Å². The van der Waals surface area contributed by atoms with Crippen molar-refractivity contribution in [3.05, 3.63) is 33.9 Å². The van der Waals surface area contributed by atoms with E-state index in [1.165, 1.54) is 18.4 Å². The van der Waals surface area contributed by atoms with E-state index in [1.54, 1.807) is 0 Å². The monoisotopic (exact) mass is 261 g/mol. The molecular formula is C9H9F2N3O4. The quantitative estimate of drug-likeness (QED) is 0.362. The highest BCUT2D eigenvalue weighted by Crippen LogP contribution is 2.32. The van der Waals surface area contributed by atoms with Crippen molar-refractivity contribution < 1.29 is 23.2 Å². The number of aryl methyl sites for hydroxylation is 1. The molecule has 0 unspecified atom stereocenters. The zero-order valence-corrected chi connectivity index (χ0v) is 9.15. The Kier molecular flexibility index (Phi) is 3.76. The first-order valence-corrected chi connectivity index (χ1v) is 4.61. The van der Waals surface area contributed by atoms with Crippen molar-refractivity contribution in [2.45, 2.75) is 13.0 Å². The van der Waals surface area contributed by atoms with E-state index >= 15 is 0 Å². The highest BCUT2D eigenvalue weighted by Gasteiger charge is 2.43. The van der Waals surface area contributed by atoms with Gasteiger partial charge in [0, 0.05) is 6.07 Å². The van der Waals surface area contributed by atoms with Gasteiger partial charge in [0.25, 0.3) is 0 Å². The molecule has 0 aliphatic carbocycles. The van der Waals surface area contributed by atoms with E-state index in [1.807, 2.05) is 0 Å². The molecule has 18 heavy (non-hydrogen) atoms. The molecule has 0 aliphatic rings. The van der Waals surface area contributed by atoms with Gasteiger partial charge in [-0.15, -0.1) is 0 Å². The second-order valence-corrected chi connectivity index (χ2v) is 3.32. The van der Waals surface area contributed by atoms with E-state index in [-0.39, 0.29) is 0 Å². The molecule has 1 rings (SSSR count). The van der Waals surface area contributed by atoms with Crippen LogP contribution in [0.2, 0.25) is 0 Å². The highest BCUT2D eigenvalue weighted by atomic mass is 19.3. The number of carbonyl (C=O) groups is 1. The summed E-state index contributed by atoms with van der Waals surface area (Å²) in [5, 5.41) is 10.6. The summed E-state index contributed by atoms with van der Waals surface area (Å²) in [7, 11) is 0. The summed E-state index contributed by atoms with van der Waals surface area (Å²) in [5.41, 5.74) is 0.987. The standard InChI is InChI=1S/C9H9F2N3O4/c1-5-2-3-6(14(16)17)7(4-5)18-9(10,11)8(15)13-12/h2-4H,12H2,1H3,(H,13,15). The first-order chi connectivity index (χ1) is 8.27. The minimum atomic E-state index is -4.30. The van der Waals surface area contributed by atoms with Gasteiger partial charge in [-0.25, -0.2) is 5.84 Å². The van der Waals surface area contributed by atoms with E-state index in [4.69, 9.17) is 0 Å². The molecule has 0 saturated carbocycles. The molecule has 3 N–H and O–H groups in total. The van der Waals surface area contributed by atoms with Crippen molar-refractivity contribution in [3.8, 4) is 5.75 Å². The SMILES string of the molecule is Cc1ccc([N+](=O)[O-])c(OC(F)(F)C(=O)NN)c1. The Hall–Kier alpha value is -2.29. The molecule has 0 saturated heterocycles. The fourth-order valence-corrected chi connectivity index (χ4v) is 1.12. The third-order valence-corrected chi connectivity index (χ3v) is 1.95. The number of hydrazine groups is 1. The Balaban J connectivity index is 3.13. The molecule has 0 spiro atoms. The highest BCUT2D eigenvalue weighted by molar-refractivity contribution is 5.81. The number of amides is 1. The van der Waals surface area contributed by atoms with Gasteiger partial charge in [-0.05, 0) is 18.6 Å². The molecule has 0 aromatic heterocycles. The number of halogens is 2. The second-order valence-electron chi connectivity index (χ2n) is 3.32. The average Bonchev–Trinajstić information content (AvgIpc) is 2.26. The molecule has 9 heteroatoms. The molecule has 1 amide bonds. The van der Waals surface area contributed by atoms with Gasteiger partial charge in [0.05, 0.1) is 4.92 Å². The first kappa shape index (κ1) is 13.8. The maximum atomic E-state index is 13.1. The minimum Gasteiger partial charge on any atom is -0.418 e. The summed E-state index contributed by atoms with van der Waals surface area (Å²) in [5.74, 6) is 1.93. The van der Waals surface area contributed by atoms with Crippen molar-refractivity contribution >= 4 is 11.6 Å². The number of hydrogen-bond acceptors (Lipinski definition) is 5. The Morgan fingerprint density at radius 3 is 2.67 bits per heavy atom. The van der Waals surface area contributed by atoms with E-state index < -0.39 is 28.4 Å². The van der Waals surface area contributed by atoms with Crippen LogP contribution >= 0.6 is 0 Å². The van der Waals surface area contributed by atoms with Crippen LogP contribution in [0.5, 0.6) is 5.75 Å². The lowest BCUT2D eigenvalue weighted by molar-refractivity contribution is -0.386. The van der Waals surface area contributed by atoms with Crippen molar-refractivity contribution in [3.63, 3.8) is 0 Å². The fraction of sp³-hybridized carbons (Fsp3) is 0.222. The first-order valence-electron chi connectivity index (χ1n) is 4.61. The van der Waals surface area contributed by atoms with Gasteiger partial charge in [0.1, 0.15) is 0 Å². The van der Waals surface area contributed by atoms with E-state index in [0.29, 0.717) is 5.56 Å². The molecule has 0 atom stereocenters. The molecule has 0 bridgehead atoms. The van der Waals surface area contributed by atoms with Crippen LogP contribution < -0.4 is 16.0 Å². The number of ether oxygens (including phenoxy) is 1. The van der Waals surface area contributed by atoms with Gasteiger partial charge in [0.15, 0.2) is 0 Å². The van der Waals surface area contributed by atoms with Crippen molar-refractivity contribution in [1.29, 1.82) is 0 Å². The predicted octanol–water partition coefficient (Wildman–Crippen LogP) is 0.865. The summed E-state index contributed by atoms with van der Waals surface area (Å²) in [4.78, 5) is 20.4.